The van der Waals surface area contributed by atoms with Crippen LogP contribution in [0.15, 0.2) is 47.4 Å². The van der Waals surface area contributed by atoms with Crippen molar-refractivity contribution < 1.29 is 14.3 Å². The van der Waals surface area contributed by atoms with E-state index in [-0.39, 0.29) is 5.56 Å². The maximum absolute atomic E-state index is 13.1. The lowest BCUT2D eigenvalue weighted by Gasteiger charge is -2.30. The molecule has 0 saturated carbocycles. The lowest BCUT2D eigenvalue weighted by atomic mass is 10.0. The van der Waals surface area contributed by atoms with E-state index in [4.69, 9.17) is 16.3 Å². The summed E-state index contributed by atoms with van der Waals surface area (Å²) in [4.78, 5) is 40.2. The largest absolute Gasteiger partial charge is 0.378 e. The summed E-state index contributed by atoms with van der Waals surface area (Å²) in [6.07, 6.45) is 1.49. The predicted molar refractivity (Wildman–Crippen MR) is 97.7 cm³/mol. The molecule has 7 heteroatoms. The Morgan fingerprint density at radius 2 is 1.88 bits per heavy atom. The zero-order chi connectivity index (χ0) is 18.7. The van der Waals surface area contributed by atoms with Crippen LogP contribution < -0.4 is 5.56 Å². The first-order valence-electron chi connectivity index (χ1n) is 8.32. The highest BCUT2D eigenvalue weighted by Crippen LogP contribution is 2.20. The number of pyridine rings is 1. The third-order valence-corrected chi connectivity index (χ3v) is 4.53. The van der Waals surface area contributed by atoms with Gasteiger partial charge in [0.1, 0.15) is 0 Å². The van der Waals surface area contributed by atoms with Gasteiger partial charge in [0, 0.05) is 35.9 Å². The molecule has 1 atom stereocenters. The summed E-state index contributed by atoms with van der Waals surface area (Å²) >= 11 is 5.99. The van der Waals surface area contributed by atoms with Gasteiger partial charge < -0.3 is 9.64 Å². The van der Waals surface area contributed by atoms with Crippen LogP contribution in [0.3, 0.4) is 0 Å². The van der Waals surface area contributed by atoms with Crippen molar-refractivity contribution in [2.45, 2.75) is 13.0 Å². The Morgan fingerprint density at radius 1 is 1.15 bits per heavy atom. The van der Waals surface area contributed by atoms with Gasteiger partial charge in [-0.2, -0.15) is 0 Å². The zero-order valence-corrected chi connectivity index (χ0v) is 15.1. The van der Waals surface area contributed by atoms with Crippen molar-refractivity contribution in [1.82, 2.24) is 9.47 Å². The molecule has 1 fully saturated rings. The number of ether oxygens (including phenoxy) is 1. The normalized spacial score (nSPS) is 15.5. The van der Waals surface area contributed by atoms with Gasteiger partial charge in [0.25, 0.3) is 11.5 Å². The average Bonchev–Trinajstić information content (AvgIpc) is 2.64. The topological polar surface area (TPSA) is 68.6 Å². The van der Waals surface area contributed by atoms with E-state index in [9.17, 15) is 14.4 Å². The van der Waals surface area contributed by atoms with E-state index in [1.807, 2.05) is 0 Å². The minimum atomic E-state index is -1.26. The molecule has 0 spiro atoms. The summed E-state index contributed by atoms with van der Waals surface area (Å²) in [5.74, 6) is -0.876. The van der Waals surface area contributed by atoms with E-state index in [0.29, 0.717) is 31.3 Å². The summed E-state index contributed by atoms with van der Waals surface area (Å²) in [5.41, 5.74) is 0.655. The standard InChI is InChI=1S/C19H19ClN2O4/c1-13-5-6-22(16(23)11-13)17(19(25)21-7-9-26-10-8-21)18(24)14-3-2-4-15(20)12-14/h2-6,11-12,17H,7-10H2,1H3/t17-/m1/s1. The fourth-order valence-electron chi connectivity index (χ4n) is 2.92. The van der Waals surface area contributed by atoms with Crippen molar-refractivity contribution in [3.63, 3.8) is 0 Å². The molecule has 3 rings (SSSR count). The van der Waals surface area contributed by atoms with Crippen LogP contribution in [0.1, 0.15) is 22.0 Å². The van der Waals surface area contributed by atoms with Crippen LogP contribution in [0.25, 0.3) is 0 Å². The number of rotatable bonds is 4. The average molecular weight is 375 g/mol. The highest BCUT2D eigenvalue weighted by atomic mass is 35.5. The van der Waals surface area contributed by atoms with Gasteiger partial charge in [0.05, 0.1) is 13.2 Å². The molecule has 0 radical (unpaired) electrons. The van der Waals surface area contributed by atoms with Gasteiger partial charge in [-0.3, -0.25) is 19.0 Å². The van der Waals surface area contributed by atoms with E-state index in [2.05, 4.69) is 0 Å². The number of benzene rings is 1. The molecule has 1 aliphatic heterocycles. The second-order valence-corrected chi connectivity index (χ2v) is 6.60. The predicted octanol–water partition coefficient (Wildman–Crippen LogP) is 2.09. The van der Waals surface area contributed by atoms with Crippen molar-refractivity contribution in [1.29, 1.82) is 0 Å². The van der Waals surface area contributed by atoms with Crippen LogP contribution >= 0.6 is 11.6 Å². The van der Waals surface area contributed by atoms with E-state index in [1.165, 1.54) is 22.9 Å². The number of morpholine rings is 1. The van der Waals surface area contributed by atoms with Crippen molar-refractivity contribution in [2.75, 3.05) is 26.3 Å². The number of aromatic nitrogens is 1. The third kappa shape index (κ3) is 3.86. The van der Waals surface area contributed by atoms with E-state index >= 15 is 0 Å². The molecule has 1 aliphatic rings. The molecule has 0 N–H and O–H groups in total. The quantitative estimate of drug-likeness (QED) is 0.607. The molecule has 2 aromatic rings. The Balaban J connectivity index is 2.04. The monoisotopic (exact) mass is 374 g/mol. The number of carbonyl (C=O) groups excluding carboxylic acids is 2. The summed E-state index contributed by atoms with van der Waals surface area (Å²) in [7, 11) is 0. The van der Waals surface area contributed by atoms with E-state index in [1.54, 1.807) is 36.1 Å². The molecular weight excluding hydrogens is 356 g/mol. The fraction of sp³-hybridized carbons (Fsp3) is 0.316. The fourth-order valence-corrected chi connectivity index (χ4v) is 3.11. The first kappa shape index (κ1) is 18.4. The maximum Gasteiger partial charge on any atom is 0.254 e. The molecule has 0 bridgehead atoms. The first-order valence-corrected chi connectivity index (χ1v) is 8.70. The summed E-state index contributed by atoms with van der Waals surface area (Å²) in [5, 5.41) is 0.393. The summed E-state index contributed by atoms with van der Waals surface area (Å²) in [6.45, 7) is 3.38. The molecule has 6 nitrogen and oxygen atoms in total. The Bertz CT molecular complexity index is 887. The van der Waals surface area contributed by atoms with Crippen LogP contribution in [-0.4, -0.2) is 47.5 Å². The van der Waals surface area contributed by atoms with E-state index < -0.39 is 23.3 Å². The number of hydrogen-bond donors (Lipinski definition) is 0. The Hall–Kier alpha value is -2.44. The number of ketones is 1. The van der Waals surface area contributed by atoms with Crippen molar-refractivity contribution in [2.24, 2.45) is 0 Å². The van der Waals surface area contributed by atoms with Crippen molar-refractivity contribution in [3.8, 4) is 0 Å². The summed E-state index contributed by atoms with van der Waals surface area (Å²) in [6, 6.07) is 8.23. The second kappa shape index (κ2) is 7.85. The van der Waals surface area contributed by atoms with Crippen LogP contribution in [0.2, 0.25) is 5.02 Å². The minimum absolute atomic E-state index is 0.289. The number of halogens is 1. The van der Waals surface area contributed by atoms with Gasteiger partial charge in [-0.1, -0.05) is 23.7 Å². The zero-order valence-electron chi connectivity index (χ0n) is 14.4. The van der Waals surface area contributed by atoms with Crippen LogP contribution in [0.4, 0.5) is 0 Å². The third-order valence-electron chi connectivity index (χ3n) is 4.30. The molecule has 136 valence electrons. The van der Waals surface area contributed by atoms with E-state index in [0.717, 1.165) is 5.56 Å². The Labute approximate surface area is 155 Å². The maximum atomic E-state index is 13.1. The highest BCUT2D eigenvalue weighted by Gasteiger charge is 2.34. The van der Waals surface area contributed by atoms with Crippen LogP contribution in [-0.2, 0) is 9.53 Å². The molecule has 26 heavy (non-hydrogen) atoms. The van der Waals surface area contributed by atoms with Gasteiger partial charge in [-0.15, -0.1) is 0 Å². The van der Waals surface area contributed by atoms with Crippen molar-refractivity contribution >= 4 is 23.3 Å². The van der Waals surface area contributed by atoms with Gasteiger partial charge in [0.2, 0.25) is 0 Å². The van der Waals surface area contributed by atoms with Crippen molar-refractivity contribution in [3.05, 3.63) is 69.1 Å². The Kier molecular flexibility index (Phi) is 5.54. The van der Waals surface area contributed by atoms with Crippen LogP contribution in [0, 0.1) is 6.92 Å². The lowest BCUT2D eigenvalue weighted by molar-refractivity contribution is -0.137. The lowest BCUT2D eigenvalue weighted by Crippen LogP contribution is -2.48. The second-order valence-electron chi connectivity index (χ2n) is 6.16. The highest BCUT2D eigenvalue weighted by molar-refractivity contribution is 6.31. The number of amides is 1. The Morgan fingerprint density at radius 3 is 2.54 bits per heavy atom. The number of hydrogen-bond acceptors (Lipinski definition) is 4. The minimum Gasteiger partial charge on any atom is -0.378 e. The number of aryl methyl sites for hydroxylation is 1. The number of nitrogens with zero attached hydrogens (tertiary/aromatic N) is 2. The van der Waals surface area contributed by atoms with Gasteiger partial charge in [0.15, 0.2) is 11.8 Å². The molecule has 2 heterocycles. The molecular formula is C19H19ClN2O4. The first-order chi connectivity index (χ1) is 12.5. The molecule has 0 unspecified atom stereocenters. The number of Topliss-reactive ketones (excluding diaryl/α,β-unsaturated/α-hetero) is 1. The summed E-state index contributed by atoms with van der Waals surface area (Å²) < 4.78 is 6.46. The molecule has 1 saturated heterocycles. The molecule has 1 aromatic heterocycles. The van der Waals surface area contributed by atoms with Gasteiger partial charge >= 0.3 is 0 Å². The SMILES string of the molecule is Cc1ccn([C@H](C(=O)c2cccc(Cl)c2)C(=O)N2CCOCC2)c(=O)c1. The smallest absolute Gasteiger partial charge is 0.254 e. The number of carbonyl (C=O) groups is 2. The molecule has 1 amide bonds. The molecule has 0 aliphatic carbocycles. The molecule has 1 aromatic carbocycles. The van der Waals surface area contributed by atoms with Crippen LogP contribution in [0.5, 0.6) is 0 Å². The van der Waals surface area contributed by atoms with Gasteiger partial charge in [-0.25, -0.2) is 0 Å². The van der Waals surface area contributed by atoms with Gasteiger partial charge in [-0.05, 0) is 30.7 Å².